The summed E-state index contributed by atoms with van der Waals surface area (Å²) in [7, 11) is 0. The highest BCUT2D eigenvalue weighted by Crippen LogP contribution is 2.30. The number of benzene rings is 1. The number of hydrogen-bond acceptors (Lipinski definition) is 4. The minimum Gasteiger partial charge on any atom is -0.342 e. The summed E-state index contributed by atoms with van der Waals surface area (Å²) in [6.45, 7) is 5.34. The molecule has 156 valence electrons. The van der Waals surface area contributed by atoms with Gasteiger partial charge in [-0.15, -0.1) is 0 Å². The predicted molar refractivity (Wildman–Crippen MR) is 112 cm³/mol. The van der Waals surface area contributed by atoms with Crippen LogP contribution in [0.4, 0.5) is 5.69 Å². The van der Waals surface area contributed by atoms with Crippen molar-refractivity contribution in [1.82, 2.24) is 9.80 Å². The first-order valence-corrected chi connectivity index (χ1v) is 11.0. The molecule has 29 heavy (non-hydrogen) atoms. The number of anilines is 1. The topological polar surface area (TPSA) is 60.9 Å². The third-order valence-corrected chi connectivity index (χ3v) is 6.87. The fraction of sp³-hybridized carbons (Fsp3) is 0.591. The van der Waals surface area contributed by atoms with Crippen LogP contribution in [0.15, 0.2) is 24.3 Å². The van der Waals surface area contributed by atoms with Crippen LogP contribution in [0.3, 0.4) is 0 Å². The van der Waals surface area contributed by atoms with Gasteiger partial charge in [-0.05, 0) is 69.0 Å². The summed E-state index contributed by atoms with van der Waals surface area (Å²) in [5, 5.41) is 0.569. The molecule has 3 fully saturated rings. The fourth-order valence-corrected chi connectivity index (χ4v) is 4.83. The van der Waals surface area contributed by atoms with Gasteiger partial charge in [-0.25, -0.2) is 4.90 Å². The molecule has 0 aliphatic carbocycles. The first-order chi connectivity index (χ1) is 13.9. The smallest absolute Gasteiger partial charge is 0.251 e. The molecule has 3 heterocycles. The molecule has 0 spiro atoms. The molecular formula is C22H28ClN3O3. The van der Waals surface area contributed by atoms with Crippen LogP contribution < -0.4 is 4.90 Å². The van der Waals surface area contributed by atoms with Crippen molar-refractivity contribution in [2.75, 3.05) is 31.1 Å². The van der Waals surface area contributed by atoms with E-state index < -0.39 is 6.04 Å². The summed E-state index contributed by atoms with van der Waals surface area (Å²) in [6, 6.07) is 6.34. The fourth-order valence-electron chi connectivity index (χ4n) is 4.71. The van der Waals surface area contributed by atoms with Crippen molar-refractivity contribution in [3.8, 4) is 0 Å². The van der Waals surface area contributed by atoms with Crippen molar-refractivity contribution < 1.29 is 14.4 Å². The number of nitrogens with zero attached hydrogens (tertiary/aromatic N) is 3. The predicted octanol–water partition coefficient (Wildman–Crippen LogP) is 2.94. The van der Waals surface area contributed by atoms with Gasteiger partial charge in [-0.3, -0.25) is 19.3 Å². The van der Waals surface area contributed by atoms with Gasteiger partial charge in [0.25, 0.3) is 5.91 Å². The minimum atomic E-state index is -0.426. The van der Waals surface area contributed by atoms with Crippen molar-refractivity contribution in [2.45, 2.75) is 45.1 Å². The highest BCUT2D eigenvalue weighted by molar-refractivity contribution is 6.30. The average molecular weight is 418 g/mol. The lowest BCUT2D eigenvalue weighted by atomic mass is 9.92. The van der Waals surface area contributed by atoms with E-state index in [0.717, 1.165) is 38.8 Å². The Labute approximate surface area is 176 Å². The molecule has 6 nitrogen and oxygen atoms in total. The highest BCUT2D eigenvalue weighted by Gasteiger charge is 2.44. The van der Waals surface area contributed by atoms with Crippen LogP contribution in [0.5, 0.6) is 0 Å². The Hall–Kier alpha value is -1.92. The largest absolute Gasteiger partial charge is 0.342 e. The molecule has 0 radical (unpaired) electrons. The normalized spacial score (nSPS) is 25.1. The average Bonchev–Trinajstić information content (AvgIpc) is 3.03. The molecule has 3 aliphatic heterocycles. The number of amides is 3. The van der Waals surface area contributed by atoms with Crippen LogP contribution in [0.25, 0.3) is 0 Å². The standard InChI is InChI=1S/C22H28ClN3O3/c1-15-6-10-25(11-7-15)21(28)16-8-12-24(13-9-16)19-14-20(27)26(22(19)29)18-4-2-17(23)3-5-18/h2-5,15-16,19H,6-14H2,1H3/t19-/m1/s1. The Balaban J connectivity index is 1.35. The van der Waals surface area contributed by atoms with Crippen LogP contribution in [-0.4, -0.2) is 59.7 Å². The Kier molecular flexibility index (Phi) is 5.93. The summed E-state index contributed by atoms with van der Waals surface area (Å²) < 4.78 is 0. The molecule has 1 aromatic rings. The van der Waals surface area contributed by atoms with E-state index in [4.69, 9.17) is 11.6 Å². The zero-order valence-electron chi connectivity index (χ0n) is 16.8. The number of likely N-dealkylation sites (tertiary alicyclic amines) is 2. The van der Waals surface area contributed by atoms with E-state index in [1.54, 1.807) is 24.3 Å². The van der Waals surface area contributed by atoms with Gasteiger partial charge in [-0.2, -0.15) is 0 Å². The Morgan fingerprint density at radius 1 is 0.966 bits per heavy atom. The first-order valence-electron chi connectivity index (χ1n) is 10.6. The van der Waals surface area contributed by atoms with E-state index in [-0.39, 0.29) is 30.1 Å². The Bertz CT molecular complexity index is 781. The number of imide groups is 1. The van der Waals surface area contributed by atoms with Crippen molar-refractivity contribution >= 4 is 35.0 Å². The zero-order valence-corrected chi connectivity index (χ0v) is 17.6. The van der Waals surface area contributed by atoms with E-state index in [1.807, 2.05) is 4.90 Å². The van der Waals surface area contributed by atoms with E-state index in [9.17, 15) is 14.4 Å². The molecule has 4 rings (SSSR count). The number of rotatable bonds is 3. The first kappa shape index (κ1) is 20.4. The van der Waals surface area contributed by atoms with Crippen molar-refractivity contribution in [3.05, 3.63) is 29.3 Å². The van der Waals surface area contributed by atoms with Crippen LogP contribution >= 0.6 is 11.6 Å². The lowest BCUT2D eigenvalue weighted by Crippen LogP contribution is -2.49. The third kappa shape index (κ3) is 4.19. The molecule has 3 aliphatic rings. The number of piperidine rings is 2. The van der Waals surface area contributed by atoms with E-state index >= 15 is 0 Å². The number of hydrogen-bond donors (Lipinski definition) is 0. The minimum absolute atomic E-state index is 0.0410. The lowest BCUT2D eigenvalue weighted by Gasteiger charge is -2.38. The van der Waals surface area contributed by atoms with Gasteiger partial charge in [0.15, 0.2) is 0 Å². The summed E-state index contributed by atoms with van der Waals surface area (Å²) in [4.78, 5) is 43.7. The molecule has 3 amide bonds. The van der Waals surface area contributed by atoms with Crippen molar-refractivity contribution in [1.29, 1.82) is 0 Å². The van der Waals surface area contributed by atoms with Gasteiger partial charge in [0.05, 0.1) is 18.2 Å². The van der Waals surface area contributed by atoms with Gasteiger partial charge in [0, 0.05) is 24.0 Å². The van der Waals surface area contributed by atoms with Crippen LogP contribution in [0.1, 0.15) is 39.0 Å². The molecule has 0 bridgehead atoms. The van der Waals surface area contributed by atoms with E-state index in [2.05, 4.69) is 11.8 Å². The quantitative estimate of drug-likeness (QED) is 0.709. The van der Waals surface area contributed by atoms with Gasteiger partial charge in [0.1, 0.15) is 0 Å². The summed E-state index contributed by atoms with van der Waals surface area (Å²) in [5.41, 5.74) is 0.566. The maximum absolute atomic E-state index is 12.9. The number of halogens is 1. The second-order valence-corrected chi connectivity index (χ2v) is 9.02. The zero-order chi connectivity index (χ0) is 20.5. The summed E-state index contributed by atoms with van der Waals surface area (Å²) in [6.07, 6.45) is 3.88. The number of carbonyl (C=O) groups is 3. The van der Waals surface area contributed by atoms with Crippen LogP contribution in [0.2, 0.25) is 5.02 Å². The SMILES string of the molecule is CC1CCN(C(=O)C2CCN([C@@H]3CC(=O)N(c4ccc(Cl)cc4)C3=O)CC2)CC1. The van der Waals surface area contributed by atoms with Gasteiger partial charge < -0.3 is 4.90 Å². The molecule has 1 aromatic carbocycles. The summed E-state index contributed by atoms with van der Waals surface area (Å²) in [5.74, 6) is 0.665. The number of carbonyl (C=O) groups excluding carboxylic acids is 3. The molecule has 0 aromatic heterocycles. The molecule has 7 heteroatoms. The molecule has 0 unspecified atom stereocenters. The maximum atomic E-state index is 12.9. The van der Waals surface area contributed by atoms with Gasteiger partial charge >= 0.3 is 0 Å². The maximum Gasteiger partial charge on any atom is 0.251 e. The highest BCUT2D eigenvalue weighted by atomic mass is 35.5. The molecule has 1 atom stereocenters. The van der Waals surface area contributed by atoms with Gasteiger partial charge in [-0.1, -0.05) is 18.5 Å². The van der Waals surface area contributed by atoms with Crippen molar-refractivity contribution in [3.63, 3.8) is 0 Å². The lowest BCUT2D eigenvalue weighted by molar-refractivity contribution is -0.138. The van der Waals surface area contributed by atoms with E-state index in [1.165, 1.54) is 4.90 Å². The van der Waals surface area contributed by atoms with Crippen molar-refractivity contribution in [2.24, 2.45) is 11.8 Å². The second-order valence-electron chi connectivity index (χ2n) is 8.58. The molecule has 0 N–H and O–H groups in total. The Morgan fingerprint density at radius 2 is 1.59 bits per heavy atom. The third-order valence-electron chi connectivity index (χ3n) is 6.62. The second kappa shape index (κ2) is 8.44. The molecule has 0 saturated carbocycles. The molecular weight excluding hydrogens is 390 g/mol. The Morgan fingerprint density at radius 3 is 2.21 bits per heavy atom. The van der Waals surface area contributed by atoms with E-state index in [0.29, 0.717) is 29.7 Å². The monoisotopic (exact) mass is 417 g/mol. The van der Waals surface area contributed by atoms with Crippen LogP contribution in [-0.2, 0) is 14.4 Å². The summed E-state index contributed by atoms with van der Waals surface area (Å²) >= 11 is 5.92. The van der Waals surface area contributed by atoms with Crippen LogP contribution in [0, 0.1) is 11.8 Å². The van der Waals surface area contributed by atoms with Gasteiger partial charge in [0.2, 0.25) is 11.8 Å². The molecule has 3 saturated heterocycles.